The molecular weight excluding hydrogens is 206 g/mol. The van der Waals surface area contributed by atoms with Gasteiger partial charge in [0.15, 0.2) is 0 Å². The highest BCUT2D eigenvalue weighted by Gasteiger charge is 2.35. The Morgan fingerprint density at radius 3 is 2.69 bits per heavy atom. The summed E-state index contributed by atoms with van der Waals surface area (Å²) in [5.41, 5.74) is 6.35. The number of hydrogen-bond acceptors (Lipinski definition) is 4. The number of methoxy groups -OCH3 is 1. The molecule has 0 radical (unpaired) electrons. The minimum atomic E-state index is -0.392. The second-order valence-electron chi connectivity index (χ2n) is 4.44. The van der Waals surface area contributed by atoms with Crippen LogP contribution in [0, 0.1) is 6.92 Å². The zero-order valence-corrected chi connectivity index (χ0v) is 9.71. The summed E-state index contributed by atoms with van der Waals surface area (Å²) < 4.78 is 10.3. The standard InChI is InChI=1S/C12H17NO3/c1-8-9(11(14)15-2)7-10(16-8)12(13)5-3-4-6-12/h7H,3-6,13H2,1-2H3. The van der Waals surface area contributed by atoms with Crippen molar-refractivity contribution in [1.29, 1.82) is 0 Å². The zero-order chi connectivity index (χ0) is 11.8. The Morgan fingerprint density at radius 2 is 2.12 bits per heavy atom. The first-order valence-electron chi connectivity index (χ1n) is 5.55. The molecule has 1 heterocycles. The fourth-order valence-electron chi connectivity index (χ4n) is 2.29. The number of carbonyl (C=O) groups is 1. The van der Waals surface area contributed by atoms with Crippen LogP contribution in [0.4, 0.5) is 0 Å². The Morgan fingerprint density at radius 1 is 1.50 bits per heavy atom. The van der Waals surface area contributed by atoms with E-state index in [2.05, 4.69) is 4.74 Å². The maximum Gasteiger partial charge on any atom is 0.341 e. The third kappa shape index (κ3) is 1.73. The van der Waals surface area contributed by atoms with Gasteiger partial charge in [-0.3, -0.25) is 0 Å². The molecule has 1 fully saturated rings. The summed E-state index contributed by atoms with van der Waals surface area (Å²) in [6, 6.07) is 1.73. The van der Waals surface area contributed by atoms with Crippen LogP contribution >= 0.6 is 0 Å². The van der Waals surface area contributed by atoms with Crippen molar-refractivity contribution in [2.45, 2.75) is 38.1 Å². The number of hydrogen-bond donors (Lipinski definition) is 1. The fraction of sp³-hybridized carbons (Fsp3) is 0.583. The molecule has 0 amide bonds. The van der Waals surface area contributed by atoms with E-state index in [1.807, 2.05) is 0 Å². The van der Waals surface area contributed by atoms with E-state index >= 15 is 0 Å². The van der Waals surface area contributed by atoms with Gasteiger partial charge < -0.3 is 14.9 Å². The van der Waals surface area contributed by atoms with Crippen LogP contribution in [-0.2, 0) is 10.3 Å². The lowest BCUT2D eigenvalue weighted by Gasteiger charge is -2.19. The van der Waals surface area contributed by atoms with Crippen LogP contribution in [0.5, 0.6) is 0 Å². The first-order valence-corrected chi connectivity index (χ1v) is 5.55. The molecule has 4 heteroatoms. The van der Waals surface area contributed by atoms with Gasteiger partial charge in [-0.15, -0.1) is 0 Å². The quantitative estimate of drug-likeness (QED) is 0.780. The van der Waals surface area contributed by atoms with Gasteiger partial charge in [0.2, 0.25) is 0 Å². The first kappa shape index (κ1) is 11.2. The molecule has 0 atom stereocenters. The molecule has 0 aliphatic heterocycles. The highest BCUT2D eigenvalue weighted by Crippen LogP contribution is 2.37. The van der Waals surface area contributed by atoms with Crippen molar-refractivity contribution in [1.82, 2.24) is 0 Å². The van der Waals surface area contributed by atoms with Crippen molar-refractivity contribution in [2.24, 2.45) is 5.73 Å². The van der Waals surface area contributed by atoms with Gasteiger partial charge in [0.1, 0.15) is 17.1 Å². The maximum absolute atomic E-state index is 11.4. The van der Waals surface area contributed by atoms with Crippen LogP contribution in [0.2, 0.25) is 0 Å². The minimum absolute atomic E-state index is 0.367. The van der Waals surface area contributed by atoms with Crippen LogP contribution in [0.3, 0.4) is 0 Å². The van der Waals surface area contributed by atoms with Crippen molar-refractivity contribution < 1.29 is 13.9 Å². The van der Waals surface area contributed by atoms with E-state index in [4.69, 9.17) is 10.2 Å². The van der Waals surface area contributed by atoms with Crippen molar-refractivity contribution >= 4 is 5.97 Å². The molecule has 4 nitrogen and oxygen atoms in total. The molecule has 88 valence electrons. The Bertz CT molecular complexity index is 402. The number of aryl methyl sites for hydroxylation is 1. The second kappa shape index (κ2) is 3.94. The Labute approximate surface area is 94.8 Å². The number of ether oxygens (including phenoxy) is 1. The highest BCUT2D eigenvalue weighted by molar-refractivity contribution is 5.90. The summed E-state index contributed by atoms with van der Waals surface area (Å²) in [5, 5.41) is 0. The molecule has 1 aromatic heterocycles. The van der Waals surface area contributed by atoms with Gasteiger partial charge in [-0.1, -0.05) is 12.8 Å². The molecule has 2 rings (SSSR count). The second-order valence-corrected chi connectivity index (χ2v) is 4.44. The lowest BCUT2D eigenvalue weighted by Crippen LogP contribution is -2.32. The van der Waals surface area contributed by atoms with Crippen molar-refractivity contribution in [2.75, 3.05) is 7.11 Å². The van der Waals surface area contributed by atoms with Gasteiger partial charge >= 0.3 is 5.97 Å². The molecular formula is C12H17NO3. The van der Waals surface area contributed by atoms with Gasteiger partial charge in [0.05, 0.1) is 12.6 Å². The molecule has 1 aliphatic carbocycles. The van der Waals surface area contributed by atoms with Crippen LogP contribution in [0.1, 0.15) is 47.6 Å². The summed E-state index contributed by atoms with van der Waals surface area (Å²) >= 11 is 0. The van der Waals surface area contributed by atoms with Gasteiger partial charge in [-0.05, 0) is 25.8 Å². The van der Waals surface area contributed by atoms with E-state index < -0.39 is 5.54 Å². The smallest absolute Gasteiger partial charge is 0.341 e. The number of carbonyl (C=O) groups excluding carboxylic acids is 1. The Balaban J connectivity index is 2.33. The summed E-state index contributed by atoms with van der Waals surface area (Å²) in [4.78, 5) is 11.4. The highest BCUT2D eigenvalue weighted by atomic mass is 16.5. The van der Waals surface area contributed by atoms with E-state index in [0.717, 1.165) is 25.7 Å². The number of nitrogens with two attached hydrogens (primary N) is 1. The van der Waals surface area contributed by atoms with Crippen molar-refractivity contribution in [3.8, 4) is 0 Å². The van der Waals surface area contributed by atoms with Gasteiger partial charge in [0, 0.05) is 0 Å². The normalized spacial score (nSPS) is 18.7. The van der Waals surface area contributed by atoms with Gasteiger partial charge in [-0.2, -0.15) is 0 Å². The average Bonchev–Trinajstić information content (AvgIpc) is 2.85. The molecule has 1 aliphatic rings. The molecule has 0 unspecified atom stereocenters. The van der Waals surface area contributed by atoms with E-state index in [1.54, 1.807) is 13.0 Å². The predicted molar refractivity (Wildman–Crippen MR) is 59.1 cm³/mol. The predicted octanol–water partition coefficient (Wildman–Crippen LogP) is 2.10. The van der Waals surface area contributed by atoms with Gasteiger partial charge in [-0.25, -0.2) is 4.79 Å². The van der Waals surface area contributed by atoms with E-state index in [0.29, 0.717) is 17.1 Å². The molecule has 0 spiro atoms. The largest absolute Gasteiger partial charge is 0.465 e. The van der Waals surface area contributed by atoms with E-state index in [9.17, 15) is 4.79 Å². The molecule has 16 heavy (non-hydrogen) atoms. The molecule has 0 aromatic carbocycles. The summed E-state index contributed by atoms with van der Waals surface area (Å²) in [5.74, 6) is 0.926. The molecule has 0 saturated heterocycles. The molecule has 1 aromatic rings. The van der Waals surface area contributed by atoms with Crippen LogP contribution < -0.4 is 5.73 Å². The van der Waals surface area contributed by atoms with Gasteiger partial charge in [0.25, 0.3) is 0 Å². The van der Waals surface area contributed by atoms with E-state index in [-0.39, 0.29) is 5.97 Å². The summed E-state index contributed by atoms with van der Waals surface area (Å²) in [6.07, 6.45) is 4.06. The van der Waals surface area contributed by atoms with Crippen LogP contribution in [0.25, 0.3) is 0 Å². The van der Waals surface area contributed by atoms with Crippen molar-refractivity contribution in [3.05, 3.63) is 23.2 Å². The molecule has 0 bridgehead atoms. The molecule has 2 N–H and O–H groups in total. The topological polar surface area (TPSA) is 65.5 Å². The number of furan rings is 1. The minimum Gasteiger partial charge on any atom is -0.465 e. The van der Waals surface area contributed by atoms with Crippen molar-refractivity contribution in [3.63, 3.8) is 0 Å². The van der Waals surface area contributed by atoms with E-state index in [1.165, 1.54) is 7.11 Å². The van der Waals surface area contributed by atoms with Crippen LogP contribution in [-0.4, -0.2) is 13.1 Å². The Hall–Kier alpha value is -1.29. The fourth-order valence-corrected chi connectivity index (χ4v) is 2.29. The average molecular weight is 223 g/mol. The third-order valence-corrected chi connectivity index (χ3v) is 3.31. The van der Waals surface area contributed by atoms with Crippen LogP contribution in [0.15, 0.2) is 10.5 Å². The Kier molecular flexibility index (Phi) is 2.76. The first-order chi connectivity index (χ1) is 7.57. The lowest BCUT2D eigenvalue weighted by molar-refractivity contribution is 0.0599. The summed E-state index contributed by atoms with van der Waals surface area (Å²) in [7, 11) is 1.36. The monoisotopic (exact) mass is 223 g/mol. The number of esters is 1. The SMILES string of the molecule is COC(=O)c1cc(C2(N)CCCC2)oc1C. The third-order valence-electron chi connectivity index (χ3n) is 3.31. The number of rotatable bonds is 2. The summed E-state index contributed by atoms with van der Waals surface area (Å²) in [6.45, 7) is 1.76. The zero-order valence-electron chi connectivity index (χ0n) is 9.71. The maximum atomic E-state index is 11.4. The molecule has 1 saturated carbocycles. The lowest BCUT2D eigenvalue weighted by atomic mass is 9.95.